The molecule has 1 aliphatic heterocycles. The molecule has 2 aliphatic rings. The van der Waals surface area contributed by atoms with Crippen LogP contribution in [0.4, 0.5) is 0 Å². The Hall–Kier alpha value is -1.10. The Morgan fingerprint density at radius 3 is 2.58 bits per heavy atom. The molecule has 0 aromatic rings. The first kappa shape index (κ1) is 14.3. The van der Waals surface area contributed by atoms with Gasteiger partial charge in [0.05, 0.1) is 5.92 Å². The Morgan fingerprint density at radius 1 is 1.16 bits per heavy atom. The summed E-state index contributed by atoms with van der Waals surface area (Å²) >= 11 is 0. The van der Waals surface area contributed by atoms with Gasteiger partial charge in [0.1, 0.15) is 0 Å². The van der Waals surface area contributed by atoms with Gasteiger partial charge in [-0.1, -0.05) is 6.42 Å². The van der Waals surface area contributed by atoms with Crippen molar-refractivity contribution in [1.29, 1.82) is 0 Å². The van der Waals surface area contributed by atoms with Crippen molar-refractivity contribution in [2.45, 2.75) is 51.0 Å². The molecule has 2 unspecified atom stereocenters. The lowest BCUT2D eigenvalue weighted by atomic mass is 9.86. The first-order valence-corrected chi connectivity index (χ1v) is 7.39. The molecular weight excluding hydrogens is 244 g/mol. The predicted molar refractivity (Wildman–Crippen MR) is 71.8 cm³/mol. The molecule has 2 rings (SSSR count). The number of carbonyl (C=O) groups is 2. The van der Waals surface area contributed by atoms with Gasteiger partial charge < -0.3 is 15.3 Å². The SMILES string of the molecule is O=C(CCN1CCCC1)NC1CCCC(C(=O)O)C1. The molecule has 0 spiro atoms. The van der Waals surface area contributed by atoms with E-state index in [2.05, 4.69) is 10.2 Å². The van der Waals surface area contributed by atoms with E-state index in [1.165, 1.54) is 12.8 Å². The topological polar surface area (TPSA) is 69.6 Å². The molecule has 0 aromatic carbocycles. The minimum absolute atomic E-state index is 0.0564. The highest BCUT2D eigenvalue weighted by atomic mass is 16.4. The molecule has 1 aliphatic carbocycles. The van der Waals surface area contributed by atoms with Crippen LogP contribution < -0.4 is 5.32 Å². The lowest BCUT2D eigenvalue weighted by Gasteiger charge is -2.27. The van der Waals surface area contributed by atoms with Gasteiger partial charge in [-0.15, -0.1) is 0 Å². The predicted octanol–water partition coefficient (Wildman–Crippen LogP) is 1.23. The smallest absolute Gasteiger partial charge is 0.306 e. The third kappa shape index (κ3) is 4.49. The summed E-state index contributed by atoms with van der Waals surface area (Å²) in [6.45, 7) is 3.05. The average Bonchev–Trinajstić information content (AvgIpc) is 2.90. The Labute approximate surface area is 114 Å². The molecule has 5 heteroatoms. The van der Waals surface area contributed by atoms with Crippen LogP contribution in [0.1, 0.15) is 44.9 Å². The van der Waals surface area contributed by atoms with Crippen LogP contribution in [0.25, 0.3) is 0 Å². The average molecular weight is 268 g/mol. The van der Waals surface area contributed by atoms with E-state index < -0.39 is 5.97 Å². The third-order valence-electron chi connectivity index (χ3n) is 4.24. The Balaban J connectivity index is 1.67. The summed E-state index contributed by atoms with van der Waals surface area (Å²) in [5, 5.41) is 12.0. The maximum atomic E-state index is 11.9. The molecule has 1 heterocycles. The number of nitrogens with zero attached hydrogens (tertiary/aromatic N) is 1. The van der Waals surface area contributed by atoms with E-state index in [1.807, 2.05) is 0 Å². The maximum absolute atomic E-state index is 11.9. The highest BCUT2D eigenvalue weighted by Crippen LogP contribution is 2.24. The molecule has 1 amide bonds. The number of likely N-dealkylation sites (tertiary alicyclic amines) is 1. The number of nitrogens with one attached hydrogen (secondary N) is 1. The van der Waals surface area contributed by atoms with E-state index in [0.29, 0.717) is 12.8 Å². The number of amides is 1. The van der Waals surface area contributed by atoms with Crippen LogP contribution >= 0.6 is 0 Å². The van der Waals surface area contributed by atoms with Gasteiger partial charge in [0.25, 0.3) is 0 Å². The largest absolute Gasteiger partial charge is 0.481 e. The van der Waals surface area contributed by atoms with Gasteiger partial charge in [0, 0.05) is 19.0 Å². The number of aliphatic carboxylic acids is 1. The van der Waals surface area contributed by atoms with Gasteiger partial charge >= 0.3 is 5.97 Å². The molecule has 2 N–H and O–H groups in total. The molecule has 0 aromatic heterocycles. The lowest BCUT2D eigenvalue weighted by Crippen LogP contribution is -2.41. The van der Waals surface area contributed by atoms with Crippen LogP contribution in [-0.4, -0.2) is 47.6 Å². The quantitative estimate of drug-likeness (QED) is 0.787. The maximum Gasteiger partial charge on any atom is 0.306 e. The number of carbonyl (C=O) groups excluding carboxylic acids is 1. The first-order chi connectivity index (χ1) is 9.15. The number of hydrogen-bond acceptors (Lipinski definition) is 3. The van der Waals surface area contributed by atoms with Crippen molar-refractivity contribution < 1.29 is 14.7 Å². The van der Waals surface area contributed by atoms with E-state index in [0.717, 1.165) is 38.9 Å². The fraction of sp³-hybridized carbons (Fsp3) is 0.857. The monoisotopic (exact) mass is 268 g/mol. The summed E-state index contributed by atoms with van der Waals surface area (Å²) in [5.41, 5.74) is 0. The van der Waals surface area contributed by atoms with Gasteiger partial charge in [0.15, 0.2) is 0 Å². The summed E-state index contributed by atoms with van der Waals surface area (Å²) in [5.74, 6) is -0.934. The second-order valence-electron chi connectivity index (χ2n) is 5.76. The molecule has 1 saturated carbocycles. The molecule has 0 radical (unpaired) electrons. The lowest BCUT2D eigenvalue weighted by molar-refractivity contribution is -0.143. The Morgan fingerprint density at radius 2 is 1.89 bits per heavy atom. The van der Waals surface area contributed by atoms with Crippen molar-refractivity contribution in [3.05, 3.63) is 0 Å². The number of hydrogen-bond donors (Lipinski definition) is 2. The standard InChI is InChI=1S/C14H24N2O3/c17-13(6-9-16-7-1-2-8-16)15-12-5-3-4-11(10-12)14(18)19/h11-12H,1-10H2,(H,15,17)(H,18,19). The van der Waals surface area contributed by atoms with Crippen molar-refractivity contribution in [2.75, 3.05) is 19.6 Å². The Bertz CT molecular complexity index is 327. The van der Waals surface area contributed by atoms with Crippen molar-refractivity contribution in [3.63, 3.8) is 0 Å². The zero-order valence-corrected chi connectivity index (χ0v) is 11.4. The van der Waals surface area contributed by atoms with Crippen molar-refractivity contribution in [2.24, 2.45) is 5.92 Å². The number of carboxylic acids is 1. The van der Waals surface area contributed by atoms with Gasteiger partial charge in [-0.25, -0.2) is 0 Å². The fourth-order valence-corrected chi connectivity index (χ4v) is 3.11. The van der Waals surface area contributed by atoms with Gasteiger partial charge in [-0.05, 0) is 45.2 Å². The summed E-state index contributed by atoms with van der Waals surface area (Å²) in [6.07, 6.45) is 6.16. The summed E-state index contributed by atoms with van der Waals surface area (Å²) in [6, 6.07) is 0.0564. The molecular formula is C14H24N2O3. The molecule has 1 saturated heterocycles. The zero-order valence-electron chi connectivity index (χ0n) is 11.4. The molecule has 0 bridgehead atoms. The second kappa shape index (κ2) is 6.89. The summed E-state index contributed by atoms with van der Waals surface area (Å²) in [4.78, 5) is 25.1. The van der Waals surface area contributed by atoms with E-state index in [9.17, 15) is 9.59 Å². The fourth-order valence-electron chi connectivity index (χ4n) is 3.11. The Kier molecular flexibility index (Phi) is 5.19. The van der Waals surface area contributed by atoms with Crippen LogP contribution in [0.15, 0.2) is 0 Å². The minimum atomic E-state index is -0.726. The third-order valence-corrected chi connectivity index (χ3v) is 4.24. The van der Waals surface area contributed by atoms with E-state index in [-0.39, 0.29) is 17.9 Å². The van der Waals surface area contributed by atoms with Crippen LogP contribution in [0.5, 0.6) is 0 Å². The molecule has 108 valence electrons. The van der Waals surface area contributed by atoms with Gasteiger partial charge in [-0.3, -0.25) is 9.59 Å². The highest BCUT2D eigenvalue weighted by Gasteiger charge is 2.27. The van der Waals surface area contributed by atoms with E-state index in [1.54, 1.807) is 0 Å². The van der Waals surface area contributed by atoms with E-state index in [4.69, 9.17) is 5.11 Å². The van der Waals surface area contributed by atoms with Crippen LogP contribution in [-0.2, 0) is 9.59 Å². The van der Waals surface area contributed by atoms with Crippen molar-refractivity contribution in [3.8, 4) is 0 Å². The van der Waals surface area contributed by atoms with Crippen LogP contribution in [0, 0.1) is 5.92 Å². The second-order valence-corrected chi connectivity index (χ2v) is 5.76. The van der Waals surface area contributed by atoms with Crippen LogP contribution in [0.2, 0.25) is 0 Å². The summed E-state index contributed by atoms with van der Waals surface area (Å²) in [7, 11) is 0. The molecule has 2 fully saturated rings. The van der Waals surface area contributed by atoms with Gasteiger partial charge in [0.2, 0.25) is 5.91 Å². The van der Waals surface area contributed by atoms with Crippen molar-refractivity contribution >= 4 is 11.9 Å². The number of carboxylic acid groups (broad SMARTS) is 1. The first-order valence-electron chi connectivity index (χ1n) is 7.39. The van der Waals surface area contributed by atoms with E-state index >= 15 is 0 Å². The van der Waals surface area contributed by atoms with Crippen LogP contribution in [0.3, 0.4) is 0 Å². The van der Waals surface area contributed by atoms with Crippen molar-refractivity contribution in [1.82, 2.24) is 10.2 Å². The molecule has 2 atom stereocenters. The highest BCUT2D eigenvalue weighted by molar-refractivity contribution is 5.76. The number of rotatable bonds is 5. The molecule has 19 heavy (non-hydrogen) atoms. The molecule has 5 nitrogen and oxygen atoms in total. The van der Waals surface area contributed by atoms with Gasteiger partial charge in [-0.2, -0.15) is 0 Å². The zero-order chi connectivity index (χ0) is 13.7. The summed E-state index contributed by atoms with van der Waals surface area (Å²) < 4.78 is 0. The minimum Gasteiger partial charge on any atom is -0.481 e. The normalized spacial score (nSPS) is 28.2.